The largest absolute Gasteiger partial charge is 0.487 e. The lowest BCUT2D eigenvalue weighted by Crippen LogP contribution is -1.95. The number of hydrogen-bond acceptors (Lipinski definition) is 4. The third kappa shape index (κ3) is 2.88. The van der Waals surface area contributed by atoms with Gasteiger partial charge in [0.15, 0.2) is 0 Å². The van der Waals surface area contributed by atoms with Gasteiger partial charge in [-0.3, -0.25) is 4.68 Å². The maximum atomic E-state index is 5.72. The smallest absolute Gasteiger partial charge is 0.131 e. The van der Waals surface area contributed by atoms with E-state index in [1.165, 1.54) is 5.56 Å². The Hall–Kier alpha value is -2.14. The highest BCUT2D eigenvalue weighted by Crippen LogP contribution is 2.23. The van der Waals surface area contributed by atoms with Crippen LogP contribution in [0.1, 0.15) is 11.3 Å². The molecule has 0 bridgehead atoms. The second-order valence-electron chi connectivity index (χ2n) is 4.65. The average molecular weight is 285 g/mol. The first-order valence-electron chi connectivity index (χ1n) is 6.33. The SMILES string of the molecule is Cc1ccc(OCc2csc(-c3cnn(C)c3)n2)cc1. The number of hydrogen-bond donors (Lipinski definition) is 0. The number of aryl methyl sites for hydroxylation is 2. The topological polar surface area (TPSA) is 39.9 Å². The van der Waals surface area contributed by atoms with E-state index in [4.69, 9.17) is 4.74 Å². The molecule has 102 valence electrons. The van der Waals surface area contributed by atoms with Crippen LogP contribution in [0.2, 0.25) is 0 Å². The maximum Gasteiger partial charge on any atom is 0.131 e. The summed E-state index contributed by atoms with van der Waals surface area (Å²) in [6, 6.07) is 8.03. The first-order valence-corrected chi connectivity index (χ1v) is 7.21. The molecule has 0 N–H and O–H groups in total. The first kappa shape index (κ1) is 12.9. The summed E-state index contributed by atoms with van der Waals surface area (Å²) in [5, 5.41) is 7.15. The van der Waals surface area contributed by atoms with Crippen molar-refractivity contribution in [1.29, 1.82) is 0 Å². The normalized spacial score (nSPS) is 10.7. The van der Waals surface area contributed by atoms with Crippen molar-refractivity contribution in [3.05, 3.63) is 53.3 Å². The van der Waals surface area contributed by atoms with Crippen molar-refractivity contribution >= 4 is 11.3 Å². The van der Waals surface area contributed by atoms with E-state index in [0.29, 0.717) is 6.61 Å². The van der Waals surface area contributed by atoms with Crippen LogP contribution in [-0.2, 0) is 13.7 Å². The molecule has 0 aliphatic carbocycles. The van der Waals surface area contributed by atoms with Gasteiger partial charge >= 0.3 is 0 Å². The fraction of sp³-hybridized carbons (Fsp3) is 0.200. The molecule has 4 nitrogen and oxygen atoms in total. The fourth-order valence-corrected chi connectivity index (χ4v) is 2.61. The zero-order chi connectivity index (χ0) is 13.9. The summed E-state index contributed by atoms with van der Waals surface area (Å²) in [5.41, 5.74) is 3.21. The van der Waals surface area contributed by atoms with Gasteiger partial charge in [-0.05, 0) is 19.1 Å². The number of rotatable bonds is 4. The highest BCUT2D eigenvalue weighted by atomic mass is 32.1. The Balaban J connectivity index is 1.67. The predicted octanol–water partition coefficient (Wildman–Crippen LogP) is 3.43. The van der Waals surface area contributed by atoms with Crippen molar-refractivity contribution in [2.45, 2.75) is 13.5 Å². The molecule has 0 amide bonds. The standard InChI is InChI=1S/C15H15N3OS/c1-11-3-5-14(6-4-11)19-9-13-10-20-15(17-13)12-7-16-18(2)8-12/h3-8,10H,9H2,1-2H3. The molecule has 0 atom stereocenters. The lowest BCUT2D eigenvalue weighted by Gasteiger charge is -2.03. The van der Waals surface area contributed by atoms with Gasteiger partial charge in [-0.2, -0.15) is 5.10 Å². The summed E-state index contributed by atoms with van der Waals surface area (Å²) in [6.45, 7) is 2.55. The molecule has 2 heterocycles. The molecule has 0 unspecified atom stereocenters. The molecule has 20 heavy (non-hydrogen) atoms. The van der Waals surface area contributed by atoms with Gasteiger partial charge in [0.05, 0.1) is 11.9 Å². The van der Waals surface area contributed by atoms with Gasteiger partial charge in [0.25, 0.3) is 0 Å². The molecule has 3 rings (SSSR count). The van der Waals surface area contributed by atoms with Crippen molar-refractivity contribution in [2.24, 2.45) is 7.05 Å². The van der Waals surface area contributed by atoms with Crippen molar-refractivity contribution in [1.82, 2.24) is 14.8 Å². The van der Waals surface area contributed by atoms with E-state index in [1.807, 2.05) is 49.1 Å². The molecule has 0 spiro atoms. The minimum Gasteiger partial charge on any atom is -0.487 e. The molecule has 0 fully saturated rings. The van der Waals surface area contributed by atoms with E-state index in [-0.39, 0.29) is 0 Å². The highest BCUT2D eigenvalue weighted by Gasteiger charge is 2.07. The molecule has 0 aliphatic heterocycles. The van der Waals surface area contributed by atoms with E-state index in [0.717, 1.165) is 22.0 Å². The van der Waals surface area contributed by atoms with Crippen LogP contribution < -0.4 is 4.74 Å². The van der Waals surface area contributed by atoms with Gasteiger partial charge in [0.1, 0.15) is 17.4 Å². The number of thiazole rings is 1. The van der Waals surface area contributed by atoms with Gasteiger partial charge in [-0.25, -0.2) is 4.98 Å². The number of aromatic nitrogens is 3. The monoisotopic (exact) mass is 285 g/mol. The quantitative estimate of drug-likeness (QED) is 0.737. The third-order valence-electron chi connectivity index (χ3n) is 2.91. The van der Waals surface area contributed by atoms with E-state index in [2.05, 4.69) is 17.0 Å². The third-order valence-corrected chi connectivity index (χ3v) is 3.85. The van der Waals surface area contributed by atoms with Crippen LogP contribution >= 0.6 is 11.3 Å². The molecule has 0 radical (unpaired) electrons. The highest BCUT2D eigenvalue weighted by molar-refractivity contribution is 7.13. The van der Waals surface area contributed by atoms with E-state index in [1.54, 1.807) is 16.0 Å². The number of ether oxygens (including phenoxy) is 1. The van der Waals surface area contributed by atoms with Crippen LogP contribution in [0.4, 0.5) is 0 Å². The zero-order valence-corrected chi connectivity index (χ0v) is 12.2. The molecular weight excluding hydrogens is 270 g/mol. The fourth-order valence-electron chi connectivity index (χ4n) is 1.83. The molecule has 5 heteroatoms. The predicted molar refractivity (Wildman–Crippen MR) is 79.8 cm³/mol. The summed E-state index contributed by atoms with van der Waals surface area (Å²) < 4.78 is 7.50. The Morgan fingerprint density at radius 3 is 2.75 bits per heavy atom. The number of benzene rings is 1. The Morgan fingerprint density at radius 2 is 2.05 bits per heavy atom. The molecule has 0 aliphatic rings. The van der Waals surface area contributed by atoms with Crippen LogP contribution in [0.25, 0.3) is 10.6 Å². The van der Waals surface area contributed by atoms with Crippen molar-refractivity contribution in [3.63, 3.8) is 0 Å². The second-order valence-corrected chi connectivity index (χ2v) is 5.51. The van der Waals surface area contributed by atoms with Gasteiger partial charge in [0, 0.05) is 24.2 Å². The van der Waals surface area contributed by atoms with Crippen LogP contribution in [0.5, 0.6) is 5.75 Å². The van der Waals surface area contributed by atoms with E-state index >= 15 is 0 Å². The van der Waals surface area contributed by atoms with Crippen molar-refractivity contribution in [2.75, 3.05) is 0 Å². The lowest BCUT2D eigenvalue weighted by atomic mass is 10.2. The van der Waals surface area contributed by atoms with Gasteiger partial charge in [-0.1, -0.05) is 17.7 Å². The van der Waals surface area contributed by atoms with Crippen LogP contribution in [0.3, 0.4) is 0 Å². The Labute approximate surface area is 121 Å². The summed E-state index contributed by atoms with van der Waals surface area (Å²) in [4.78, 5) is 4.57. The summed E-state index contributed by atoms with van der Waals surface area (Å²) in [5.74, 6) is 0.867. The van der Waals surface area contributed by atoms with E-state index in [9.17, 15) is 0 Å². The van der Waals surface area contributed by atoms with Crippen LogP contribution in [-0.4, -0.2) is 14.8 Å². The number of nitrogens with zero attached hydrogens (tertiary/aromatic N) is 3. The van der Waals surface area contributed by atoms with Crippen molar-refractivity contribution < 1.29 is 4.74 Å². The minimum absolute atomic E-state index is 0.486. The first-order chi connectivity index (χ1) is 9.70. The van der Waals surface area contributed by atoms with Crippen molar-refractivity contribution in [3.8, 4) is 16.3 Å². The Bertz CT molecular complexity index is 700. The second kappa shape index (κ2) is 5.46. The molecule has 2 aromatic heterocycles. The summed E-state index contributed by atoms with van der Waals surface area (Å²) in [7, 11) is 1.90. The van der Waals surface area contributed by atoms with Gasteiger partial charge in [-0.15, -0.1) is 11.3 Å². The molecule has 0 saturated heterocycles. The minimum atomic E-state index is 0.486. The zero-order valence-electron chi connectivity index (χ0n) is 11.4. The van der Waals surface area contributed by atoms with Crippen LogP contribution in [0, 0.1) is 6.92 Å². The van der Waals surface area contributed by atoms with Crippen LogP contribution in [0.15, 0.2) is 42.0 Å². The molecule has 0 saturated carbocycles. The van der Waals surface area contributed by atoms with E-state index < -0.39 is 0 Å². The Kier molecular flexibility index (Phi) is 3.52. The van der Waals surface area contributed by atoms with Gasteiger partial charge in [0.2, 0.25) is 0 Å². The maximum absolute atomic E-state index is 5.72. The Morgan fingerprint density at radius 1 is 1.25 bits per heavy atom. The molecule has 3 aromatic rings. The average Bonchev–Trinajstić information content (AvgIpc) is 3.07. The molecule has 1 aromatic carbocycles. The lowest BCUT2D eigenvalue weighted by molar-refractivity contribution is 0.302. The summed E-state index contributed by atoms with van der Waals surface area (Å²) >= 11 is 1.61. The van der Waals surface area contributed by atoms with Gasteiger partial charge < -0.3 is 4.74 Å². The summed E-state index contributed by atoms with van der Waals surface area (Å²) in [6.07, 6.45) is 3.78. The molecular formula is C15H15N3OS.